The summed E-state index contributed by atoms with van der Waals surface area (Å²) in [5, 5.41) is 2.38. The Hall–Kier alpha value is -2.93. The maximum atomic E-state index is 14.7. The Morgan fingerprint density at radius 2 is 1.08 bits per heavy atom. The highest BCUT2D eigenvalue weighted by molar-refractivity contribution is 5.88. The molecule has 0 radical (unpaired) electrons. The summed E-state index contributed by atoms with van der Waals surface area (Å²) in [5.41, 5.74) is 5.89. The van der Waals surface area contributed by atoms with Crippen LogP contribution in [-0.4, -0.2) is 0 Å². The van der Waals surface area contributed by atoms with Crippen molar-refractivity contribution in [2.45, 2.75) is 13.8 Å². The molecule has 0 saturated carbocycles. The zero-order valence-electron chi connectivity index (χ0n) is 14.4. The van der Waals surface area contributed by atoms with Gasteiger partial charge in [0.25, 0.3) is 0 Å². The largest absolute Gasteiger partial charge is 0.206 e. The molecular weight excluding hydrogens is 307 g/mol. The van der Waals surface area contributed by atoms with Crippen LogP contribution in [0.3, 0.4) is 0 Å². The topological polar surface area (TPSA) is 0 Å². The molecule has 0 fully saturated rings. The van der Waals surface area contributed by atoms with E-state index in [-0.39, 0.29) is 5.82 Å². The molecule has 25 heavy (non-hydrogen) atoms. The lowest BCUT2D eigenvalue weighted by molar-refractivity contribution is 0.632. The van der Waals surface area contributed by atoms with E-state index >= 15 is 0 Å². The predicted octanol–water partition coefficient (Wildman–Crippen LogP) is 6.93. The van der Waals surface area contributed by atoms with Crippen molar-refractivity contribution >= 4 is 10.8 Å². The molecular formula is C24H19F. The van der Waals surface area contributed by atoms with Crippen molar-refractivity contribution in [2.24, 2.45) is 0 Å². The minimum atomic E-state index is -0.189. The molecule has 4 rings (SSSR count). The molecule has 0 unspecified atom stereocenters. The Kier molecular flexibility index (Phi) is 3.85. The Morgan fingerprint density at radius 3 is 1.84 bits per heavy atom. The van der Waals surface area contributed by atoms with E-state index in [0.717, 1.165) is 16.7 Å². The first-order chi connectivity index (χ1) is 12.1. The van der Waals surface area contributed by atoms with Gasteiger partial charge < -0.3 is 0 Å². The molecule has 0 amide bonds. The molecule has 0 N–H and O–H groups in total. The predicted molar refractivity (Wildman–Crippen MR) is 104 cm³/mol. The summed E-state index contributed by atoms with van der Waals surface area (Å²) in [6.45, 7) is 4.12. The van der Waals surface area contributed by atoms with Crippen molar-refractivity contribution in [3.8, 4) is 22.3 Å². The van der Waals surface area contributed by atoms with Crippen LogP contribution in [0.1, 0.15) is 11.1 Å². The van der Waals surface area contributed by atoms with Crippen LogP contribution in [0.15, 0.2) is 78.9 Å². The number of rotatable bonds is 2. The average Bonchev–Trinajstić information content (AvgIpc) is 2.62. The summed E-state index contributed by atoms with van der Waals surface area (Å²) >= 11 is 0. The first kappa shape index (κ1) is 15.6. The summed E-state index contributed by atoms with van der Waals surface area (Å²) < 4.78 is 14.7. The lowest BCUT2D eigenvalue weighted by Gasteiger charge is -2.09. The van der Waals surface area contributed by atoms with Crippen molar-refractivity contribution < 1.29 is 4.39 Å². The van der Waals surface area contributed by atoms with Gasteiger partial charge in [0.2, 0.25) is 0 Å². The Bertz CT molecular complexity index is 1060. The van der Waals surface area contributed by atoms with Crippen LogP contribution in [0, 0.1) is 19.7 Å². The summed E-state index contributed by atoms with van der Waals surface area (Å²) in [4.78, 5) is 0. The minimum Gasteiger partial charge on any atom is -0.206 e. The third kappa shape index (κ3) is 3.06. The fourth-order valence-corrected chi connectivity index (χ4v) is 3.21. The number of aryl methyl sites for hydroxylation is 2. The fraction of sp³-hybridized carbons (Fsp3) is 0.0833. The standard InChI is InChI=1S/C24H19F/c1-16-3-6-18(7-4-16)23-12-11-22(15-24(23)25)21-10-9-19-13-17(2)5-8-20(19)14-21/h3-15H,1-2H3. The van der Waals surface area contributed by atoms with Gasteiger partial charge in [-0.25, -0.2) is 4.39 Å². The molecule has 0 saturated heterocycles. The van der Waals surface area contributed by atoms with E-state index in [1.807, 2.05) is 43.3 Å². The van der Waals surface area contributed by atoms with E-state index in [1.165, 1.54) is 21.9 Å². The molecule has 0 heterocycles. The molecule has 4 aromatic carbocycles. The number of hydrogen-bond acceptors (Lipinski definition) is 0. The summed E-state index contributed by atoms with van der Waals surface area (Å²) in [5.74, 6) is -0.189. The van der Waals surface area contributed by atoms with Crippen molar-refractivity contribution in [2.75, 3.05) is 0 Å². The SMILES string of the molecule is Cc1ccc(-c2ccc(-c3ccc4cc(C)ccc4c3)cc2F)cc1. The number of hydrogen-bond donors (Lipinski definition) is 0. The minimum absolute atomic E-state index is 0.189. The fourth-order valence-electron chi connectivity index (χ4n) is 3.21. The normalized spacial score (nSPS) is 11.0. The molecule has 0 aliphatic heterocycles. The Morgan fingerprint density at radius 1 is 0.520 bits per heavy atom. The average molecular weight is 326 g/mol. The van der Waals surface area contributed by atoms with Crippen LogP contribution in [0.4, 0.5) is 4.39 Å². The first-order valence-electron chi connectivity index (χ1n) is 8.47. The third-order valence-electron chi connectivity index (χ3n) is 4.66. The van der Waals surface area contributed by atoms with Crippen LogP contribution in [0.2, 0.25) is 0 Å². The van der Waals surface area contributed by atoms with Crippen LogP contribution in [0.5, 0.6) is 0 Å². The molecule has 4 aromatic rings. The molecule has 0 aliphatic rings. The second-order valence-corrected chi connectivity index (χ2v) is 6.63. The van der Waals surface area contributed by atoms with Gasteiger partial charge in [-0.1, -0.05) is 77.9 Å². The molecule has 0 aromatic heterocycles. The van der Waals surface area contributed by atoms with Crippen molar-refractivity contribution in [1.29, 1.82) is 0 Å². The Labute approximate surface area is 147 Å². The van der Waals surface area contributed by atoms with Gasteiger partial charge in [0.15, 0.2) is 0 Å². The van der Waals surface area contributed by atoms with Crippen molar-refractivity contribution in [1.82, 2.24) is 0 Å². The van der Waals surface area contributed by atoms with Gasteiger partial charge in [-0.15, -0.1) is 0 Å². The number of fused-ring (bicyclic) bond motifs is 1. The summed E-state index contributed by atoms with van der Waals surface area (Å²) in [6.07, 6.45) is 0. The van der Waals surface area contributed by atoms with Gasteiger partial charge in [0.1, 0.15) is 5.82 Å². The molecule has 0 nitrogen and oxygen atoms in total. The molecule has 0 spiro atoms. The molecule has 0 bridgehead atoms. The molecule has 0 aliphatic carbocycles. The zero-order chi connectivity index (χ0) is 17.4. The van der Waals surface area contributed by atoms with Crippen molar-refractivity contribution in [3.63, 3.8) is 0 Å². The maximum absolute atomic E-state index is 14.7. The van der Waals surface area contributed by atoms with E-state index in [4.69, 9.17) is 0 Å². The van der Waals surface area contributed by atoms with Crippen LogP contribution < -0.4 is 0 Å². The van der Waals surface area contributed by atoms with Gasteiger partial charge in [0, 0.05) is 5.56 Å². The van der Waals surface area contributed by atoms with E-state index in [1.54, 1.807) is 6.07 Å². The second kappa shape index (κ2) is 6.18. The summed E-state index contributed by atoms with van der Waals surface area (Å²) in [6, 6.07) is 26.1. The molecule has 1 heteroatoms. The van der Waals surface area contributed by atoms with Gasteiger partial charge in [-0.3, -0.25) is 0 Å². The number of halogens is 1. The van der Waals surface area contributed by atoms with Gasteiger partial charge in [-0.2, -0.15) is 0 Å². The molecule has 122 valence electrons. The van der Waals surface area contributed by atoms with Crippen LogP contribution in [0.25, 0.3) is 33.0 Å². The van der Waals surface area contributed by atoms with Gasteiger partial charge >= 0.3 is 0 Å². The monoisotopic (exact) mass is 326 g/mol. The van der Waals surface area contributed by atoms with Gasteiger partial charge in [-0.05, 0) is 53.4 Å². The van der Waals surface area contributed by atoms with Crippen molar-refractivity contribution in [3.05, 3.63) is 95.8 Å². The van der Waals surface area contributed by atoms with E-state index in [2.05, 4.69) is 43.3 Å². The first-order valence-corrected chi connectivity index (χ1v) is 8.47. The van der Waals surface area contributed by atoms with Gasteiger partial charge in [0.05, 0.1) is 0 Å². The highest BCUT2D eigenvalue weighted by Gasteiger charge is 2.08. The van der Waals surface area contributed by atoms with E-state index in [0.29, 0.717) is 5.56 Å². The van der Waals surface area contributed by atoms with Crippen LogP contribution in [-0.2, 0) is 0 Å². The Balaban J connectivity index is 1.75. The smallest absolute Gasteiger partial charge is 0.131 e. The lowest BCUT2D eigenvalue weighted by atomic mass is 9.97. The summed E-state index contributed by atoms with van der Waals surface area (Å²) in [7, 11) is 0. The third-order valence-corrected chi connectivity index (χ3v) is 4.66. The van der Waals surface area contributed by atoms with Crippen LogP contribution >= 0.6 is 0 Å². The quantitative estimate of drug-likeness (QED) is 0.374. The number of benzene rings is 4. The second-order valence-electron chi connectivity index (χ2n) is 6.63. The lowest BCUT2D eigenvalue weighted by Crippen LogP contribution is -1.87. The van der Waals surface area contributed by atoms with E-state index in [9.17, 15) is 4.39 Å². The van der Waals surface area contributed by atoms with E-state index < -0.39 is 0 Å². The zero-order valence-corrected chi connectivity index (χ0v) is 14.4. The highest BCUT2D eigenvalue weighted by Crippen LogP contribution is 2.30. The molecule has 0 atom stereocenters. The highest BCUT2D eigenvalue weighted by atomic mass is 19.1. The maximum Gasteiger partial charge on any atom is 0.131 e.